The lowest BCUT2D eigenvalue weighted by Crippen LogP contribution is -2.31. The zero-order valence-electron chi connectivity index (χ0n) is 11.8. The monoisotopic (exact) mass is 323 g/mol. The molecule has 0 aromatic heterocycles. The van der Waals surface area contributed by atoms with Gasteiger partial charge in [0.15, 0.2) is 11.6 Å². The summed E-state index contributed by atoms with van der Waals surface area (Å²) in [5, 5.41) is 0. The van der Waals surface area contributed by atoms with Gasteiger partial charge in [0.05, 0.1) is 12.9 Å². The number of nitrogens with zero attached hydrogens (tertiary/aromatic N) is 1. The Bertz CT molecular complexity index is 551. The van der Waals surface area contributed by atoms with Gasteiger partial charge >= 0.3 is 0 Å². The minimum atomic E-state index is -3.40. The van der Waals surface area contributed by atoms with Crippen LogP contribution in [0.3, 0.4) is 0 Å². The highest BCUT2D eigenvalue weighted by molar-refractivity contribution is 7.89. The van der Waals surface area contributed by atoms with Crippen LogP contribution in [0.2, 0.25) is 0 Å². The first-order valence-electron chi connectivity index (χ1n) is 6.12. The van der Waals surface area contributed by atoms with Gasteiger partial charge in [-0.15, -0.1) is 11.6 Å². The molecule has 1 atom stereocenters. The maximum atomic E-state index is 13.6. The lowest BCUT2D eigenvalue weighted by molar-refractivity contribution is 0.385. The molecular formula is C13H19ClFNO3S. The number of benzene rings is 1. The molecule has 0 N–H and O–H groups in total. The van der Waals surface area contributed by atoms with E-state index in [4.69, 9.17) is 16.3 Å². The van der Waals surface area contributed by atoms with Crippen molar-refractivity contribution >= 4 is 21.6 Å². The third kappa shape index (κ3) is 4.61. The predicted octanol–water partition coefficient (Wildman–Crippen LogP) is 2.47. The SMILES string of the molecule is COc1ccc(CN(C)S(=O)(=O)CC(C)CCl)cc1F. The largest absolute Gasteiger partial charge is 0.494 e. The van der Waals surface area contributed by atoms with Gasteiger partial charge in [0.25, 0.3) is 0 Å². The van der Waals surface area contributed by atoms with Crippen molar-refractivity contribution in [1.29, 1.82) is 0 Å². The van der Waals surface area contributed by atoms with E-state index in [9.17, 15) is 12.8 Å². The van der Waals surface area contributed by atoms with E-state index in [1.54, 1.807) is 13.0 Å². The first-order valence-corrected chi connectivity index (χ1v) is 8.27. The summed E-state index contributed by atoms with van der Waals surface area (Å²) >= 11 is 5.63. The zero-order valence-corrected chi connectivity index (χ0v) is 13.3. The fraction of sp³-hybridized carbons (Fsp3) is 0.538. The summed E-state index contributed by atoms with van der Waals surface area (Å²) in [6, 6.07) is 4.39. The quantitative estimate of drug-likeness (QED) is 0.724. The van der Waals surface area contributed by atoms with E-state index in [0.717, 1.165) is 0 Å². The number of methoxy groups -OCH3 is 1. The smallest absolute Gasteiger partial charge is 0.214 e. The molecule has 0 bridgehead atoms. The highest BCUT2D eigenvalue weighted by atomic mass is 35.5. The van der Waals surface area contributed by atoms with Crippen molar-refractivity contribution in [2.45, 2.75) is 13.5 Å². The number of ether oxygens (including phenoxy) is 1. The Morgan fingerprint density at radius 1 is 1.45 bits per heavy atom. The van der Waals surface area contributed by atoms with E-state index in [0.29, 0.717) is 5.56 Å². The molecule has 0 aliphatic carbocycles. The molecule has 0 heterocycles. The number of halogens is 2. The van der Waals surface area contributed by atoms with Crippen LogP contribution in [0.15, 0.2) is 18.2 Å². The molecule has 114 valence electrons. The van der Waals surface area contributed by atoms with Crippen molar-refractivity contribution in [2.24, 2.45) is 5.92 Å². The van der Waals surface area contributed by atoms with Crippen molar-refractivity contribution in [1.82, 2.24) is 4.31 Å². The normalized spacial score (nSPS) is 13.5. The molecule has 7 heteroatoms. The third-order valence-corrected chi connectivity index (χ3v) is 5.45. The van der Waals surface area contributed by atoms with Gasteiger partial charge in [-0.05, 0) is 23.6 Å². The average Bonchev–Trinajstić information content (AvgIpc) is 2.38. The Kier molecular flexibility index (Phi) is 6.23. The minimum absolute atomic E-state index is 0.0222. The van der Waals surface area contributed by atoms with E-state index in [1.807, 2.05) is 0 Å². The maximum absolute atomic E-state index is 13.6. The van der Waals surface area contributed by atoms with Crippen molar-refractivity contribution in [3.63, 3.8) is 0 Å². The van der Waals surface area contributed by atoms with Gasteiger partial charge in [-0.25, -0.2) is 17.1 Å². The highest BCUT2D eigenvalue weighted by Crippen LogP contribution is 2.19. The Hall–Kier alpha value is -0.850. The molecule has 20 heavy (non-hydrogen) atoms. The Labute approximate surface area is 124 Å². The van der Waals surface area contributed by atoms with E-state index < -0.39 is 15.8 Å². The van der Waals surface area contributed by atoms with E-state index in [2.05, 4.69) is 0 Å². The second-order valence-electron chi connectivity index (χ2n) is 4.76. The molecule has 0 amide bonds. The molecule has 0 aliphatic heterocycles. The van der Waals surface area contributed by atoms with Crippen LogP contribution in [0, 0.1) is 11.7 Å². The first-order chi connectivity index (χ1) is 9.30. The predicted molar refractivity (Wildman–Crippen MR) is 78.1 cm³/mol. The van der Waals surface area contributed by atoms with E-state index in [1.165, 1.54) is 30.6 Å². The van der Waals surface area contributed by atoms with Crippen LogP contribution in [0.5, 0.6) is 5.75 Å². The van der Waals surface area contributed by atoms with Gasteiger partial charge in [0.1, 0.15) is 0 Å². The van der Waals surface area contributed by atoms with Gasteiger partial charge in [-0.3, -0.25) is 0 Å². The van der Waals surface area contributed by atoms with Crippen LogP contribution in [-0.4, -0.2) is 38.5 Å². The number of sulfonamides is 1. The van der Waals surface area contributed by atoms with Crippen LogP contribution in [-0.2, 0) is 16.6 Å². The van der Waals surface area contributed by atoms with Crippen LogP contribution in [0.25, 0.3) is 0 Å². The molecule has 1 aromatic carbocycles. The standard InChI is InChI=1S/C13H19ClFNO3S/c1-10(7-14)9-20(17,18)16(2)8-11-4-5-13(19-3)12(15)6-11/h4-6,10H,7-9H2,1-3H3. The summed E-state index contributed by atoms with van der Waals surface area (Å²) in [6.07, 6.45) is 0. The molecule has 1 aromatic rings. The number of hydrogen-bond donors (Lipinski definition) is 0. The van der Waals surface area contributed by atoms with E-state index in [-0.39, 0.29) is 29.8 Å². The molecule has 1 rings (SSSR count). The van der Waals surface area contributed by atoms with Crippen molar-refractivity contribution in [2.75, 3.05) is 25.8 Å². The van der Waals surface area contributed by atoms with Crippen LogP contribution in [0.1, 0.15) is 12.5 Å². The van der Waals surface area contributed by atoms with Gasteiger partial charge in [0, 0.05) is 19.5 Å². The highest BCUT2D eigenvalue weighted by Gasteiger charge is 2.21. The summed E-state index contributed by atoms with van der Waals surface area (Å²) < 4.78 is 43.7. The van der Waals surface area contributed by atoms with Gasteiger partial charge < -0.3 is 4.74 Å². The molecule has 0 radical (unpaired) electrons. The number of hydrogen-bond acceptors (Lipinski definition) is 3. The second kappa shape index (κ2) is 7.24. The lowest BCUT2D eigenvalue weighted by Gasteiger charge is -2.19. The Morgan fingerprint density at radius 2 is 2.10 bits per heavy atom. The minimum Gasteiger partial charge on any atom is -0.494 e. The van der Waals surface area contributed by atoms with Crippen LogP contribution < -0.4 is 4.74 Å². The molecule has 0 fully saturated rings. The fourth-order valence-corrected chi connectivity index (χ4v) is 3.37. The molecule has 0 saturated carbocycles. The Balaban J connectivity index is 2.80. The van der Waals surface area contributed by atoms with Crippen LogP contribution >= 0.6 is 11.6 Å². The lowest BCUT2D eigenvalue weighted by atomic mass is 10.2. The molecule has 4 nitrogen and oxygen atoms in total. The van der Waals surface area contributed by atoms with E-state index >= 15 is 0 Å². The summed E-state index contributed by atoms with van der Waals surface area (Å²) in [5.41, 5.74) is 0.563. The van der Waals surface area contributed by atoms with Gasteiger partial charge in [-0.1, -0.05) is 13.0 Å². The molecule has 1 unspecified atom stereocenters. The fourth-order valence-electron chi connectivity index (χ4n) is 1.70. The maximum Gasteiger partial charge on any atom is 0.214 e. The topological polar surface area (TPSA) is 46.6 Å². The summed E-state index contributed by atoms with van der Waals surface area (Å²) in [4.78, 5) is 0. The number of rotatable bonds is 7. The van der Waals surface area contributed by atoms with Crippen LogP contribution in [0.4, 0.5) is 4.39 Å². The first kappa shape index (κ1) is 17.2. The van der Waals surface area contributed by atoms with Crippen molar-refractivity contribution in [3.8, 4) is 5.75 Å². The molecule has 0 spiro atoms. The van der Waals surface area contributed by atoms with Gasteiger partial charge in [-0.2, -0.15) is 0 Å². The summed E-state index contributed by atoms with van der Waals surface area (Å²) in [6.45, 7) is 1.88. The molecule has 0 aliphatic rings. The number of alkyl halides is 1. The van der Waals surface area contributed by atoms with Gasteiger partial charge in [0.2, 0.25) is 10.0 Å². The Morgan fingerprint density at radius 3 is 2.60 bits per heavy atom. The van der Waals surface area contributed by atoms with Crippen molar-refractivity contribution < 1.29 is 17.5 Å². The zero-order chi connectivity index (χ0) is 15.3. The average molecular weight is 324 g/mol. The molecular weight excluding hydrogens is 305 g/mol. The summed E-state index contributed by atoms with van der Waals surface area (Å²) in [5.74, 6) is -0.243. The third-order valence-electron chi connectivity index (χ3n) is 2.85. The summed E-state index contributed by atoms with van der Waals surface area (Å²) in [7, 11) is -0.555. The molecule has 0 saturated heterocycles. The van der Waals surface area contributed by atoms with Crippen molar-refractivity contribution in [3.05, 3.63) is 29.6 Å². The second-order valence-corrected chi connectivity index (χ2v) is 7.19.